The van der Waals surface area contributed by atoms with Crippen LogP contribution in [0.4, 0.5) is 0 Å². The maximum atomic E-state index is 12.9. The van der Waals surface area contributed by atoms with Crippen LogP contribution in [-0.2, 0) is 28.9 Å². The smallest absolute Gasteiger partial charge is 0.494 e. The second-order valence-corrected chi connectivity index (χ2v) is 25.6. The van der Waals surface area contributed by atoms with Gasteiger partial charge in [0.15, 0.2) is 0 Å². The molecule has 0 saturated carbocycles. The molecule has 20 nitrogen and oxygen atoms in total. The Morgan fingerprint density at radius 3 is 1.12 bits per heavy atom. The van der Waals surface area contributed by atoms with E-state index in [0.717, 1.165) is 116 Å². The summed E-state index contributed by atoms with van der Waals surface area (Å²) in [5.74, 6) is 2.34. The molecule has 0 atom stereocenters. The standard InChI is InChI=1S/2C24H20N4O2.C23H27BN2O4.C7H5BrN2/c2*1-30-20-4-2-3-17(15-20)16-27-13-14-28(24(27)29)19-7-5-18(6-8-19)21-9-11-25-23-22(21)10-12-26-23;1-22(2)23(3,4)30-24(29-22)18-9-11-19(12-10-18)26-14-13-25(21(26)27)16-17-7-6-8-20(15-17)28-5;8-6-2-4-10-7-5(6)1-3-9-7/h2*2-15H,16H2,1H3,(H,25,26);6-15H,16H2,1-5H3;1-4H,(H,9,10). The summed E-state index contributed by atoms with van der Waals surface area (Å²) in [6, 6.07) is 58.9. The topological polar surface area (TPSA) is 213 Å². The Labute approximate surface area is 584 Å². The molecule has 0 aliphatic carbocycles. The van der Waals surface area contributed by atoms with Gasteiger partial charge in [0.25, 0.3) is 0 Å². The summed E-state index contributed by atoms with van der Waals surface area (Å²) in [5, 5.41) is 3.28. The number of methoxy groups -OCH3 is 3. The van der Waals surface area contributed by atoms with Crippen LogP contribution in [0.25, 0.3) is 72.4 Å². The zero-order chi connectivity index (χ0) is 69.5. The van der Waals surface area contributed by atoms with Gasteiger partial charge in [-0.3, -0.25) is 27.4 Å². The fraction of sp³-hybridized carbons (Fsp3) is 0.154. The van der Waals surface area contributed by atoms with Gasteiger partial charge < -0.3 is 38.5 Å². The second-order valence-electron chi connectivity index (χ2n) is 24.8. The largest absolute Gasteiger partial charge is 0.497 e. The average molecular weight is 1400 g/mol. The number of ether oxygens (including phenoxy) is 3. The van der Waals surface area contributed by atoms with E-state index in [1.165, 1.54) is 0 Å². The fourth-order valence-corrected chi connectivity index (χ4v) is 12.3. The summed E-state index contributed by atoms with van der Waals surface area (Å²) < 4.78 is 39.1. The number of halogens is 1. The number of nitrogens with one attached hydrogen (secondary N) is 3. The maximum Gasteiger partial charge on any atom is 0.494 e. The van der Waals surface area contributed by atoms with Gasteiger partial charge in [0, 0.05) is 95.0 Å². The van der Waals surface area contributed by atoms with Gasteiger partial charge >= 0.3 is 24.2 Å². The third-order valence-corrected chi connectivity index (χ3v) is 18.6. The van der Waals surface area contributed by atoms with Crippen LogP contribution in [0.15, 0.2) is 275 Å². The van der Waals surface area contributed by atoms with Crippen molar-refractivity contribution in [1.29, 1.82) is 0 Å². The molecule has 6 aromatic carbocycles. The zero-order valence-electron chi connectivity index (χ0n) is 56.1. The molecule has 0 amide bonds. The maximum absolute atomic E-state index is 12.9. The van der Waals surface area contributed by atoms with Crippen LogP contribution < -0.4 is 36.7 Å². The van der Waals surface area contributed by atoms with Gasteiger partial charge in [-0.25, -0.2) is 29.3 Å². The third kappa shape index (κ3) is 14.5. The number of hydrogen-bond donors (Lipinski definition) is 3. The highest BCUT2D eigenvalue weighted by atomic mass is 79.9. The highest BCUT2D eigenvalue weighted by molar-refractivity contribution is 9.10. The van der Waals surface area contributed by atoms with Crippen molar-refractivity contribution in [3.05, 3.63) is 309 Å². The lowest BCUT2D eigenvalue weighted by Gasteiger charge is -2.32. The molecule has 100 heavy (non-hydrogen) atoms. The lowest BCUT2D eigenvalue weighted by molar-refractivity contribution is 0.00578. The molecule has 0 unspecified atom stereocenters. The van der Waals surface area contributed by atoms with Gasteiger partial charge in [0.2, 0.25) is 0 Å². The molecule has 15 aromatic rings. The Hall–Kier alpha value is -11.7. The minimum Gasteiger partial charge on any atom is -0.497 e. The van der Waals surface area contributed by atoms with Gasteiger partial charge in [0.05, 0.1) is 69.2 Å². The molecular weight excluding hydrogens is 1320 g/mol. The number of imidazole rings is 3. The first-order chi connectivity index (χ1) is 48.5. The molecule has 9 aromatic heterocycles. The number of benzene rings is 6. The lowest BCUT2D eigenvalue weighted by Crippen LogP contribution is -2.41. The molecule has 1 saturated heterocycles. The van der Waals surface area contributed by atoms with Gasteiger partial charge in [-0.2, -0.15) is 0 Å². The predicted molar refractivity (Wildman–Crippen MR) is 396 cm³/mol. The molecular formula is C78H72BBrN12O8. The number of pyridine rings is 3. The van der Waals surface area contributed by atoms with Crippen molar-refractivity contribution in [2.75, 3.05) is 21.3 Å². The molecule has 16 rings (SSSR count). The third-order valence-electron chi connectivity index (χ3n) is 17.9. The van der Waals surface area contributed by atoms with E-state index in [4.69, 9.17) is 23.5 Å². The summed E-state index contributed by atoms with van der Waals surface area (Å²) >= 11 is 3.42. The van der Waals surface area contributed by atoms with Crippen LogP contribution in [0.3, 0.4) is 0 Å². The van der Waals surface area contributed by atoms with Crippen molar-refractivity contribution < 1.29 is 23.5 Å². The summed E-state index contributed by atoms with van der Waals surface area (Å²) in [4.78, 5) is 60.8. The number of rotatable bonds is 15. The van der Waals surface area contributed by atoms with E-state index >= 15 is 0 Å². The lowest BCUT2D eigenvalue weighted by atomic mass is 9.79. The quantitative estimate of drug-likeness (QED) is 0.0821. The number of fused-ring (bicyclic) bond motifs is 3. The molecule has 10 heterocycles. The SMILES string of the molecule is Brc1ccnc2[nH]ccc12.COc1cccc(Cn2ccn(-c3ccc(-c4ccnc5[nH]ccc45)cc3)c2=O)c1.COc1cccc(Cn2ccn(-c3ccc(-c4ccnc5[nH]ccc45)cc3)c2=O)c1.COc1cccc(Cn2ccn(-c3ccc(B4OC(C)(C)C(C)(C)O4)cc3)c2=O)c1. The molecule has 1 aliphatic heterocycles. The minimum absolute atomic E-state index is 0.0810. The van der Waals surface area contributed by atoms with E-state index in [2.05, 4.69) is 45.8 Å². The van der Waals surface area contributed by atoms with Crippen molar-refractivity contribution in [2.24, 2.45) is 0 Å². The highest BCUT2D eigenvalue weighted by Gasteiger charge is 2.51. The van der Waals surface area contributed by atoms with E-state index in [-0.39, 0.29) is 28.3 Å². The molecule has 22 heteroatoms. The first-order valence-electron chi connectivity index (χ1n) is 32.3. The highest BCUT2D eigenvalue weighted by Crippen LogP contribution is 2.37. The minimum atomic E-state index is -0.418. The summed E-state index contributed by atoms with van der Waals surface area (Å²) in [6.45, 7) is 9.60. The van der Waals surface area contributed by atoms with Crippen LogP contribution in [0.5, 0.6) is 17.2 Å². The number of hydrogen-bond acceptors (Lipinski definition) is 11. The Kier molecular flexibility index (Phi) is 19.5. The molecule has 502 valence electrons. The molecule has 1 aliphatic rings. The Morgan fingerprint density at radius 2 is 0.760 bits per heavy atom. The van der Waals surface area contributed by atoms with Crippen LogP contribution >= 0.6 is 15.9 Å². The second kappa shape index (κ2) is 29.2. The van der Waals surface area contributed by atoms with E-state index in [1.54, 1.807) is 92.1 Å². The fourth-order valence-electron chi connectivity index (χ4n) is 11.8. The predicted octanol–water partition coefficient (Wildman–Crippen LogP) is 13.8. The van der Waals surface area contributed by atoms with Crippen molar-refractivity contribution in [3.8, 4) is 56.6 Å². The summed E-state index contributed by atoms with van der Waals surface area (Å²) in [5.41, 5.74) is 12.4. The summed E-state index contributed by atoms with van der Waals surface area (Å²) in [7, 11) is 4.49. The average Bonchev–Trinajstić information content (AvgIpc) is 1.62. The van der Waals surface area contributed by atoms with Crippen molar-refractivity contribution >= 4 is 61.6 Å². The van der Waals surface area contributed by atoms with Crippen molar-refractivity contribution in [3.63, 3.8) is 0 Å². The number of H-pyrrole nitrogens is 3. The van der Waals surface area contributed by atoms with E-state index < -0.39 is 7.12 Å². The Balaban J connectivity index is 0.000000125. The van der Waals surface area contributed by atoms with Crippen LogP contribution in [0.1, 0.15) is 44.4 Å². The van der Waals surface area contributed by atoms with Crippen molar-refractivity contribution in [2.45, 2.75) is 58.5 Å². The van der Waals surface area contributed by atoms with E-state index in [1.807, 2.05) is 241 Å². The van der Waals surface area contributed by atoms with E-state index in [0.29, 0.717) is 19.6 Å². The number of nitrogens with zero attached hydrogens (tertiary/aromatic N) is 9. The van der Waals surface area contributed by atoms with Crippen LogP contribution in [-0.4, -0.2) is 97.0 Å². The van der Waals surface area contributed by atoms with Crippen LogP contribution in [0.2, 0.25) is 0 Å². The number of aromatic amines is 3. The van der Waals surface area contributed by atoms with E-state index in [9.17, 15) is 14.4 Å². The summed E-state index contributed by atoms with van der Waals surface area (Å²) in [6.07, 6.45) is 21.8. The Morgan fingerprint density at radius 1 is 0.420 bits per heavy atom. The molecule has 3 N–H and O–H groups in total. The zero-order valence-corrected chi connectivity index (χ0v) is 57.7. The molecule has 0 bridgehead atoms. The monoisotopic (exact) mass is 1390 g/mol. The normalized spacial score (nSPS) is 12.9. The van der Waals surface area contributed by atoms with Crippen molar-refractivity contribution in [1.82, 2.24) is 57.3 Å². The molecule has 1 fully saturated rings. The number of aromatic nitrogens is 12. The van der Waals surface area contributed by atoms with Gasteiger partial charge in [-0.1, -0.05) is 72.8 Å². The Bertz CT molecular complexity index is 5270. The first-order valence-corrected chi connectivity index (χ1v) is 33.1. The molecule has 0 radical (unpaired) electrons. The van der Waals surface area contributed by atoms with Gasteiger partial charge in [-0.15, -0.1) is 0 Å². The van der Waals surface area contributed by atoms with Gasteiger partial charge in [-0.05, 0) is 197 Å². The van der Waals surface area contributed by atoms with Gasteiger partial charge in [0.1, 0.15) is 34.2 Å². The molecule has 0 spiro atoms. The first kappa shape index (κ1) is 66.9. The van der Waals surface area contributed by atoms with Crippen LogP contribution in [0, 0.1) is 0 Å².